The molecule has 0 aromatic carbocycles. The fourth-order valence-electron chi connectivity index (χ4n) is 1.50. The summed E-state index contributed by atoms with van der Waals surface area (Å²) >= 11 is 0. The van der Waals surface area contributed by atoms with E-state index in [1.165, 1.54) is 6.07 Å². The van der Waals surface area contributed by atoms with Crippen LogP contribution in [0.1, 0.15) is 30.1 Å². The molecule has 0 saturated carbocycles. The van der Waals surface area contributed by atoms with Crippen LogP contribution in [0.4, 0.5) is 4.39 Å². The van der Waals surface area contributed by atoms with Gasteiger partial charge in [0, 0.05) is 12.6 Å². The molecule has 0 aliphatic heterocycles. The number of carbonyl (C=O) groups excluding carboxylic acids is 2. The minimum Gasteiger partial charge on any atom is -0.480 e. The van der Waals surface area contributed by atoms with Crippen LogP contribution >= 0.6 is 0 Å². The average molecular weight is 298 g/mol. The molecule has 7 nitrogen and oxygen atoms in total. The molecule has 0 unspecified atom stereocenters. The van der Waals surface area contributed by atoms with Gasteiger partial charge < -0.3 is 15.2 Å². The van der Waals surface area contributed by atoms with Gasteiger partial charge in [-0.25, -0.2) is 9.78 Å². The summed E-state index contributed by atoms with van der Waals surface area (Å²) in [7, 11) is 0. The van der Waals surface area contributed by atoms with Crippen molar-refractivity contribution in [1.82, 2.24) is 10.3 Å². The first kappa shape index (κ1) is 16.5. The van der Waals surface area contributed by atoms with Gasteiger partial charge in [-0.15, -0.1) is 0 Å². The molecular formula is C13H15FN2O5. The summed E-state index contributed by atoms with van der Waals surface area (Å²) in [5, 5.41) is 11.3. The Morgan fingerprint density at radius 2 is 2.14 bits per heavy atom. The molecule has 0 saturated heterocycles. The number of esters is 1. The van der Waals surface area contributed by atoms with E-state index in [1.54, 1.807) is 6.92 Å². The lowest BCUT2D eigenvalue weighted by Gasteiger charge is -2.14. The molecule has 21 heavy (non-hydrogen) atoms. The van der Waals surface area contributed by atoms with Crippen LogP contribution in [0.2, 0.25) is 0 Å². The third-order valence-corrected chi connectivity index (χ3v) is 2.54. The number of aromatic nitrogens is 1. The Labute approximate surface area is 120 Å². The highest BCUT2D eigenvalue weighted by Crippen LogP contribution is 2.04. The molecule has 0 fully saturated rings. The van der Waals surface area contributed by atoms with Crippen molar-refractivity contribution in [2.24, 2.45) is 0 Å². The van der Waals surface area contributed by atoms with E-state index in [2.05, 4.69) is 15.0 Å². The van der Waals surface area contributed by atoms with E-state index in [1.807, 2.05) is 0 Å². The summed E-state index contributed by atoms with van der Waals surface area (Å²) in [6, 6.07) is 0.928. The third kappa shape index (κ3) is 5.55. The Balaban J connectivity index is 2.61. The Morgan fingerprint density at radius 3 is 2.67 bits per heavy atom. The van der Waals surface area contributed by atoms with Gasteiger partial charge in [0.25, 0.3) is 5.91 Å². The standard InChI is InChI=1S/C13H15FN2O5/c1-2-21-11(17)6-4-9(13(19)20)16-12(18)8-3-5-10(14)15-7-8/h3,5,7,9H,2,4,6H2,1H3,(H,16,18)(H,19,20)/t9-/m0/s1. The maximum absolute atomic E-state index is 12.6. The van der Waals surface area contributed by atoms with E-state index in [0.717, 1.165) is 12.3 Å². The van der Waals surface area contributed by atoms with E-state index in [4.69, 9.17) is 5.11 Å². The molecule has 0 aliphatic carbocycles. The molecule has 0 bridgehead atoms. The summed E-state index contributed by atoms with van der Waals surface area (Å²) in [6.07, 6.45) is 0.760. The highest BCUT2D eigenvalue weighted by molar-refractivity contribution is 5.96. The average Bonchev–Trinajstić information content (AvgIpc) is 2.43. The van der Waals surface area contributed by atoms with Crippen LogP contribution in [-0.4, -0.2) is 40.6 Å². The molecule has 1 amide bonds. The summed E-state index contributed by atoms with van der Waals surface area (Å²) in [5.74, 6) is -3.27. The molecule has 1 aromatic heterocycles. The van der Waals surface area contributed by atoms with Gasteiger partial charge in [-0.2, -0.15) is 4.39 Å². The number of amides is 1. The largest absolute Gasteiger partial charge is 0.480 e. The zero-order chi connectivity index (χ0) is 15.8. The maximum atomic E-state index is 12.6. The quantitative estimate of drug-likeness (QED) is 0.568. The van der Waals surface area contributed by atoms with Crippen molar-refractivity contribution >= 4 is 17.8 Å². The minimum absolute atomic E-state index is 0.0267. The second kappa shape index (κ2) is 7.93. The second-order valence-corrected chi connectivity index (χ2v) is 4.08. The molecule has 2 N–H and O–H groups in total. The number of nitrogens with one attached hydrogen (secondary N) is 1. The Kier molecular flexibility index (Phi) is 6.25. The predicted molar refractivity (Wildman–Crippen MR) is 69.0 cm³/mol. The van der Waals surface area contributed by atoms with Crippen molar-refractivity contribution < 1.29 is 28.6 Å². The van der Waals surface area contributed by atoms with E-state index in [-0.39, 0.29) is 25.0 Å². The molecular weight excluding hydrogens is 283 g/mol. The van der Waals surface area contributed by atoms with Crippen LogP contribution < -0.4 is 5.32 Å². The highest BCUT2D eigenvalue weighted by atomic mass is 19.1. The van der Waals surface area contributed by atoms with E-state index >= 15 is 0 Å². The molecule has 1 rings (SSSR count). The summed E-state index contributed by atoms with van der Waals surface area (Å²) < 4.78 is 17.3. The summed E-state index contributed by atoms with van der Waals surface area (Å²) in [5.41, 5.74) is 0.0267. The van der Waals surface area contributed by atoms with E-state index < -0.39 is 29.8 Å². The van der Waals surface area contributed by atoms with Crippen LogP contribution in [0.3, 0.4) is 0 Å². The van der Waals surface area contributed by atoms with Gasteiger partial charge in [-0.3, -0.25) is 9.59 Å². The zero-order valence-electron chi connectivity index (χ0n) is 11.3. The number of rotatable bonds is 7. The number of ether oxygens (including phenoxy) is 1. The zero-order valence-corrected chi connectivity index (χ0v) is 11.3. The molecule has 0 spiro atoms. The van der Waals surface area contributed by atoms with Gasteiger partial charge >= 0.3 is 11.9 Å². The second-order valence-electron chi connectivity index (χ2n) is 4.08. The van der Waals surface area contributed by atoms with Crippen LogP contribution in [0.15, 0.2) is 18.3 Å². The van der Waals surface area contributed by atoms with Gasteiger partial charge in [0.1, 0.15) is 6.04 Å². The molecule has 8 heteroatoms. The van der Waals surface area contributed by atoms with Crippen LogP contribution in [0.25, 0.3) is 0 Å². The topological polar surface area (TPSA) is 106 Å². The molecule has 1 heterocycles. The van der Waals surface area contributed by atoms with Crippen molar-refractivity contribution in [3.63, 3.8) is 0 Å². The third-order valence-electron chi connectivity index (χ3n) is 2.54. The van der Waals surface area contributed by atoms with Crippen LogP contribution in [0, 0.1) is 5.95 Å². The van der Waals surface area contributed by atoms with Crippen molar-refractivity contribution in [2.45, 2.75) is 25.8 Å². The molecule has 1 aromatic rings. The van der Waals surface area contributed by atoms with Crippen LogP contribution in [0.5, 0.6) is 0 Å². The fraction of sp³-hybridized carbons (Fsp3) is 0.385. The number of aliphatic carboxylic acids is 1. The maximum Gasteiger partial charge on any atom is 0.326 e. The number of hydrogen-bond acceptors (Lipinski definition) is 5. The molecule has 1 atom stereocenters. The predicted octanol–water partition coefficient (Wildman–Crippen LogP) is 0.747. The molecule has 114 valence electrons. The molecule has 0 radical (unpaired) electrons. The lowest BCUT2D eigenvalue weighted by molar-refractivity contribution is -0.144. The first-order valence-electron chi connectivity index (χ1n) is 6.25. The number of nitrogens with zero attached hydrogens (tertiary/aromatic N) is 1. The van der Waals surface area contributed by atoms with Crippen molar-refractivity contribution in [3.05, 3.63) is 29.8 Å². The number of carboxylic acid groups (broad SMARTS) is 1. The normalized spacial score (nSPS) is 11.5. The number of carboxylic acids is 1. The van der Waals surface area contributed by atoms with Crippen molar-refractivity contribution in [3.8, 4) is 0 Å². The van der Waals surface area contributed by atoms with Gasteiger partial charge in [-0.1, -0.05) is 0 Å². The fourth-order valence-corrected chi connectivity index (χ4v) is 1.50. The Hall–Kier alpha value is -2.51. The van der Waals surface area contributed by atoms with Gasteiger partial charge in [0.05, 0.1) is 12.2 Å². The molecule has 0 aliphatic rings. The first-order valence-corrected chi connectivity index (χ1v) is 6.25. The van der Waals surface area contributed by atoms with Crippen LogP contribution in [-0.2, 0) is 14.3 Å². The number of pyridine rings is 1. The SMILES string of the molecule is CCOC(=O)CC[C@H](NC(=O)c1ccc(F)nc1)C(=O)O. The number of hydrogen-bond donors (Lipinski definition) is 2. The first-order chi connectivity index (χ1) is 9.93. The van der Waals surface area contributed by atoms with Gasteiger partial charge in [0.2, 0.25) is 5.95 Å². The van der Waals surface area contributed by atoms with E-state index in [9.17, 15) is 18.8 Å². The number of carbonyl (C=O) groups is 3. The number of halogens is 1. The smallest absolute Gasteiger partial charge is 0.326 e. The Morgan fingerprint density at radius 1 is 1.43 bits per heavy atom. The van der Waals surface area contributed by atoms with Gasteiger partial charge in [0.15, 0.2) is 0 Å². The summed E-state index contributed by atoms with van der Waals surface area (Å²) in [4.78, 5) is 37.3. The monoisotopic (exact) mass is 298 g/mol. The highest BCUT2D eigenvalue weighted by Gasteiger charge is 2.22. The van der Waals surface area contributed by atoms with Crippen molar-refractivity contribution in [1.29, 1.82) is 0 Å². The Bertz CT molecular complexity index is 518. The lowest BCUT2D eigenvalue weighted by atomic mass is 10.1. The summed E-state index contributed by atoms with van der Waals surface area (Å²) in [6.45, 7) is 1.83. The lowest BCUT2D eigenvalue weighted by Crippen LogP contribution is -2.41. The van der Waals surface area contributed by atoms with Crippen molar-refractivity contribution in [2.75, 3.05) is 6.61 Å². The van der Waals surface area contributed by atoms with Gasteiger partial charge in [-0.05, 0) is 25.5 Å². The van der Waals surface area contributed by atoms with E-state index in [0.29, 0.717) is 0 Å². The minimum atomic E-state index is -1.28.